The van der Waals surface area contributed by atoms with Crippen LogP contribution in [0, 0.1) is 0 Å². The van der Waals surface area contributed by atoms with Crippen molar-refractivity contribution in [2.45, 2.75) is 31.9 Å². The van der Waals surface area contributed by atoms with E-state index in [1.54, 1.807) is 6.20 Å². The van der Waals surface area contributed by atoms with Crippen LogP contribution >= 0.6 is 0 Å². The molecule has 1 fully saturated rings. The first-order valence-electron chi connectivity index (χ1n) is 5.18. The molecule has 0 aliphatic carbocycles. The van der Waals surface area contributed by atoms with Gasteiger partial charge in [0.25, 0.3) is 5.56 Å². The van der Waals surface area contributed by atoms with Crippen molar-refractivity contribution in [1.29, 1.82) is 0 Å². The van der Waals surface area contributed by atoms with Gasteiger partial charge in [-0.15, -0.1) is 0 Å². The van der Waals surface area contributed by atoms with Gasteiger partial charge in [-0.3, -0.25) is 4.79 Å². The highest BCUT2D eigenvalue weighted by atomic mass is 16.5. The molecule has 1 aromatic rings. The van der Waals surface area contributed by atoms with E-state index >= 15 is 0 Å². The lowest BCUT2D eigenvalue weighted by Crippen LogP contribution is -2.30. The second-order valence-electron chi connectivity index (χ2n) is 3.82. The van der Waals surface area contributed by atoms with Crippen molar-refractivity contribution < 1.29 is 4.74 Å². The molecule has 1 aromatic heterocycles. The van der Waals surface area contributed by atoms with Gasteiger partial charge < -0.3 is 10.1 Å². The third-order valence-corrected chi connectivity index (χ3v) is 2.58. The summed E-state index contributed by atoms with van der Waals surface area (Å²) >= 11 is 0. The van der Waals surface area contributed by atoms with Crippen LogP contribution in [0.3, 0.4) is 0 Å². The Hall–Kier alpha value is -1.36. The predicted molar refractivity (Wildman–Crippen MR) is 56.9 cm³/mol. The van der Waals surface area contributed by atoms with E-state index in [2.05, 4.69) is 22.4 Å². The minimum atomic E-state index is -0.195. The van der Waals surface area contributed by atoms with Crippen LogP contribution in [0.1, 0.15) is 19.8 Å². The SMILES string of the molecule is CC(Nc1cn[nH]c(=O)c1)C1CCCO1. The highest BCUT2D eigenvalue weighted by Crippen LogP contribution is 2.17. The van der Waals surface area contributed by atoms with Gasteiger partial charge in [-0.25, -0.2) is 5.10 Å². The Morgan fingerprint density at radius 2 is 2.60 bits per heavy atom. The molecule has 0 aromatic carbocycles. The summed E-state index contributed by atoms with van der Waals surface area (Å²) in [6, 6.07) is 1.70. The molecule has 5 heteroatoms. The smallest absolute Gasteiger partial charge is 0.266 e. The van der Waals surface area contributed by atoms with E-state index in [0.717, 1.165) is 25.1 Å². The van der Waals surface area contributed by atoms with Gasteiger partial charge in [0.2, 0.25) is 0 Å². The molecule has 0 spiro atoms. The molecule has 2 unspecified atom stereocenters. The maximum Gasteiger partial charge on any atom is 0.266 e. The Morgan fingerprint density at radius 1 is 1.73 bits per heavy atom. The molecule has 2 rings (SSSR count). The molecule has 2 heterocycles. The van der Waals surface area contributed by atoms with E-state index in [9.17, 15) is 4.79 Å². The molecule has 15 heavy (non-hydrogen) atoms. The lowest BCUT2D eigenvalue weighted by atomic mass is 10.1. The number of rotatable bonds is 3. The number of nitrogens with one attached hydrogen (secondary N) is 2. The fourth-order valence-electron chi connectivity index (χ4n) is 1.81. The van der Waals surface area contributed by atoms with Crippen molar-refractivity contribution in [3.05, 3.63) is 22.6 Å². The molecule has 1 saturated heterocycles. The van der Waals surface area contributed by atoms with E-state index in [0.29, 0.717) is 0 Å². The summed E-state index contributed by atoms with van der Waals surface area (Å²) in [5.74, 6) is 0. The fraction of sp³-hybridized carbons (Fsp3) is 0.600. The topological polar surface area (TPSA) is 67.0 Å². The van der Waals surface area contributed by atoms with Crippen molar-refractivity contribution in [3.63, 3.8) is 0 Å². The summed E-state index contributed by atoms with van der Waals surface area (Å²) in [6.45, 7) is 2.89. The molecule has 5 nitrogen and oxygen atoms in total. The van der Waals surface area contributed by atoms with Gasteiger partial charge in [-0.1, -0.05) is 0 Å². The Labute approximate surface area is 87.8 Å². The van der Waals surface area contributed by atoms with Crippen LogP contribution in [0.4, 0.5) is 5.69 Å². The van der Waals surface area contributed by atoms with E-state index in [1.807, 2.05) is 0 Å². The average molecular weight is 209 g/mol. The van der Waals surface area contributed by atoms with E-state index in [4.69, 9.17) is 4.74 Å². The summed E-state index contributed by atoms with van der Waals surface area (Å²) in [7, 11) is 0. The van der Waals surface area contributed by atoms with Crippen molar-refractivity contribution >= 4 is 5.69 Å². The largest absolute Gasteiger partial charge is 0.379 e. The normalized spacial score (nSPS) is 22.6. The second-order valence-corrected chi connectivity index (χ2v) is 3.82. The maximum atomic E-state index is 11.0. The lowest BCUT2D eigenvalue weighted by Gasteiger charge is -2.20. The third kappa shape index (κ3) is 2.56. The Bertz CT molecular complexity index is 371. The minimum Gasteiger partial charge on any atom is -0.379 e. The summed E-state index contributed by atoms with van der Waals surface area (Å²) in [5.41, 5.74) is 0.543. The van der Waals surface area contributed by atoms with Gasteiger partial charge in [-0.05, 0) is 19.8 Å². The third-order valence-electron chi connectivity index (χ3n) is 2.58. The van der Waals surface area contributed by atoms with Crippen molar-refractivity contribution in [2.24, 2.45) is 0 Å². The van der Waals surface area contributed by atoms with E-state index in [-0.39, 0.29) is 17.7 Å². The number of aromatic amines is 1. The monoisotopic (exact) mass is 209 g/mol. The minimum absolute atomic E-state index is 0.195. The van der Waals surface area contributed by atoms with Crippen LogP contribution < -0.4 is 10.9 Å². The molecular formula is C10H15N3O2. The first-order valence-corrected chi connectivity index (χ1v) is 5.18. The number of aromatic nitrogens is 2. The zero-order valence-electron chi connectivity index (χ0n) is 8.69. The van der Waals surface area contributed by atoms with E-state index < -0.39 is 0 Å². The van der Waals surface area contributed by atoms with Crippen LogP contribution in [-0.4, -0.2) is 29.0 Å². The van der Waals surface area contributed by atoms with Crippen LogP contribution in [0.5, 0.6) is 0 Å². The Kier molecular flexibility index (Phi) is 3.01. The molecular weight excluding hydrogens is 194 g/mol. The van der Waals surface area contributed by atoms with Crippen molar-refractivity contribution in [2.75, 3.05) is 11.9 Å². The quantitative estimate of drug-likeness (QED) is 0.770. The zero-order valence-corrected chi connectivity index (χ0v) is 8.69. The molecule has 0 saturated carbocycles. The number of nitrogens with zero attached hydrogens (tertiary/aromatic N) is 1. The molecule has 2 atom stereocenters. The number of hydrogen-bond acceptors (Lipinski definition) is 4. The summed E-state index contributed by atoms with van der Waals surface area (Å²) in [6.07, 6.45) is 4.03. The number of hydrogen-bond donors (Lipinski definition) is 2. The van der Waals surface area contributed by atoms with Gasteiger partial charge in [0.05, 0.1) is 18.0 Å². The second kappa shape index (κ2) is 4.44. The van der Waals surface area contributed by atoms with Gasteiger partial charge >= 0.3 is 0 Å². The molecule has 0 amide bonds. The summed E-state index contributed by atoms with van der Waals surface area (Å²) in [5, 5.41) is 9.28. The van der Waals surface area contributed by atoms with Crippen LogP contribution in [0.25, 0.3) is 0 Å². The average Bonchev–Trinajstić information content (AvgIpc) is 2.70. The van der Waals surface area contributed by atoms with Crippen molar-refractivity contribution in [3.8, 4) is 0 Å². The predicted octanol–water partition coefficient (Wildman–Crippen LogP) is 0.749. The van der Waals surface area contributed by atoms with Crippen LogP contribution in [0.15, 0.2) is 17.1 Å². The number of ether oxygens (including phenoxy) is 1. The maximum absolute atomic E-state index is 11.0. The highest BCUT2D eigenvalue weighted by molar-refractivity contribution is 5.39. The Morgan fingerprint density at radius 3 is 3.27 bits per heavy atom. The molecule has 2 N–H and O–H groups in total. The lowest BCUT2D eigenvalue weighted by molar-refractivity contribution is 0.0996. The van der Waals surface area contributed by atoms with Crippen molar-refractivity contribution in [1.82, 2.24) is 10.2 Å². The first kappa shape index (κ1) is 10.2. The molecule has 1 aliphatic heterocycles. The standard InChI is InChI=1S/C10H15N3O2/c1-7(9-3-2-4-15-9)12-8-5-10(14)13-11-6-8/h5-7,9H,2-4H2,1H3,(H2,12,13,14). The number of H-pyrrole nitrogens is 1. The highest BCUT2D eigenvalue weighted by Gasteiger charge is 2.22. The van der Waals surface area contributed by atoms with Gasteiger partial charge in [0, 0.05) is 18.7 Å². The van der Waals surface area contributed by atoms with Gasteiger partial charge in [0.1, 0.15) is 0 Å². The Balaban J connectivity index is 1.98. The zero-order chi connectivity index (χ0) is 10.7. The molecule has 82 valence electrons. The van der Waals surface area contributed by atoms with Crippen LogP contribution in [-0.2, 0) is 4.74 Å². The summed E-state index contributed by atoms with van der Waals surface area (Å²) < 4.78 is 5.55. The molecule has 1 aliphatic rings. The molecule has 0 radical (unpaired) electrons. The molecule has 0 bridgehead atoms. The summed E-state index contributed by atoms with van der Waals surface area (Å²) in [4.78, 5) is 11.0. The fourth-order valence-corrected chi connectivity index (χ4v) is 1.81. The van der Waals surface area contributed by atoms with Crippen LogP contribution in [0.2, 0.25) is 0 Å². The van der Waals surface area contributed by atoms with E-state index in [1.165, 1.54) is 6.07 Å². The van der Waals surface area contributed by atoms with Gasteiger partial charge in [-0.2, -0.15) is 5.10 Å². The first-order chi connectivity index (χ1) is 7.25. The number of anilines is 1. The van der Waals surface area contributed by atoms with Gasteiger partial charge in [0.15, 0.2) is 0 Å².